The standard InChI is InChI=1S/C18H29N3O3/c1-21(9-8-18(22)6-3-4-7-18)17-11-15(14-5-10-24-12-14)19-16(20-17)13-23-2/h11,14,22H,3-10,12-13H2,1-2H3/t14-/m1/s1. The van der Waals surface area contributed by atoms with Crippen LogP contribution in [0.1, 0.15) is 56.0 Å². The smallest absolute Gasteiger partial charge is 0.156 e. The molecule has 1 saturated heterocycles. The number of methoxy groups -OCH3 is 1. The van der Waals surface area contributed by atoms with Gasteiger partial charge in [-0.15, -0.1) is 0 Å². The summed E-state index contributed by atoms with van der Waals surface area (Å²) in [5.74, 6) is 1.96. The first-order valence-corrected chi connectivity index (χ1v) is 8.98. The first-order chi connectivity index (χ1) is 11.6. The topological polar surface area (TPSA) is 67.7 Å². The average Bonchev–Trinajstić information content (AvgIpc) is 3.25. The highest BCUT2D eigenvalue weighted by Crippen LogP contribution is 2.33. The zero-order valence-corrected chi connectivity index (χ0v) is 14.8. The Morgan fingerprint density at radius 1 is 1.38 bits per heavy atom. The lowest BCUT2D eigenvalue weighted by Gasteiger charge is -2.27. The molecule has 1 atom stereocenters. The molecule has 0 bridgehead atoms. The van der Waals surface area contributed by atoms with Crippen molar-refractivity contribution in [1.29, 1.82) is 0 Å². The summed E-state index contributed by atoms with van der Waals surface area (Å²) in [4.78, 5) is 11.4. The van der Waals surface area contributed by atoms with Gasteiger partial charge in [0.05, 0.1) is 17.9 Å². The monoisotopic (exact) mass is 335 g/mol. The van der Waals surface area contributed by atoms with E-state index in [0.717, 1.165) is 69.8 Å². The van der Waals surface area contributed by atoms with Gasteiger partial charge in [0.15, 0.2) is 5.82 Å². The number of hydrogen-bond donors (Lipinski definition) is 1. The number of ether oxygens (including phenoxy) is 2. The van der Waals surface area contributed by atoms with Gasteiger partial charge in [-0.25, -0.2) is 9.97 Å². The van der Waals surface area contributed by atoms with Gasteiger partial charge in [0.25, 0.3) is 0 Å². The summed E-state index contributed by atoms with van der Waals surface area (Å²) >= 11 is 0. The molecule has 1 saturated carbocycles. The van der Waals surface area contributed by atoms with Crippen molar-refractivity contribution in [1.82, 2.24) is 9.97 Å². The molecule has 24 heavy (non-hydrogen) atoms. The number of rotatable bonds is 7. The van der Waals surface area contributed by atoms with Crippen molar-refractivity contribution in [2.45, 2.75) is 56.7 Å². The Hall–Kier alpha value is -1.24. The number of nitrogens with zero attached hydrogens (tertiary/aromatic N) is 3. The van der Waals surface area contributed by atoms with Gasteiger partial charge >= 0.3 is 0 Å². The zero-order chi connectivity index (χ0) is 17.0. The van der Waals surface area contributed by atoms with Crippen LogP contribution in [0, 0.1) is 0 Å². The maximum absolute atomic E-state index is 10.6. The van der Waals surface area contributed by atoms with Crippen LogP contribution in [0.5, 0.6) is 0 Å². The van der Waals surface area contributed by atoms with Gasteiger partial charge in [0.2, 0.25) is 0 Å². The molecule has 1 aliphatic heterocycles. The van der Waals surface area contributed by atoms with Gasteiger partial charge in [-0.3, -0.25) is 0 Å². The molecular formula is C18H29N3O3. The molecule has 1 N–H and O–H groups in total. The van der Waals surface area contributed by atoms with Crippen LogP contribution >= 0.6 is 0 Å². The molecule has 0 radical (unpaired) electrons. The summed E-state index contributed by atoms with van der Waals surface area (Å²) in [5.41, 5.74) is 0.551. The van der Waals surface area contributed by atoms with E-state index in [4.69, 9.17) is 9.47 Å². The van der Waals surface area contributed by atoms with Crippen molar-refractivity contribution >= 4 is 5.82 Å². The van der Waals surface area contributed by atoms with Crippen molar-refractivity contribution < 1.29 is 14.6 Å². The predicted octanol–water partition coefficient (Wildman–Crippen LogP) is 2.26. The minimum atomic E-state index is -0.487. The summed E-state index contributed by atoms with van der Waals surface area (Å²) in [6.07, 6.45) is 5.91. The van der Waals surface area contributed by atoms with Crippen LogP contribution in [0.3, 0.4) is 0 Å². The number of hydrogen-bond acceptors (Lipinski definition) is 6. The van der Waals surface area contributed by atoms with Gasteiger partial charge < -0.3 is 19.5 Å². The van der Waals surface area contributed by atoms with E-state index in [1.165, 1.54) is 0 Å². The SMILES string of the molecule is COCc1nc([C@@H]2CCOC2)cc(N(C)CCC2(O)CCCC2)n1. The maximum atomic E-state index is 10.6. The van der Waals surface area contributed by atoms with Crippen LogP contribution < -0.4 is 4.90 Å². The van der Waals surface area contributed by atoms with Crippen molar-refractivity contribution in [2.24, 2.45) is 0 Å². The average molecular weight is 335 g/mol. The zero-order valence-electron chi connectivity index (χ0n) is 14.8. The molecule has 134 valence electrons. The molecule has 6 heteroatoms. The lowest BCUT2D eigenvalue weighted by molar-refractivity contribution is 0.0410. The summed E-state index contributed by atoms with van der Waals surface area (Å²) in [6, 6.07) is 2.07. The molecule has 2 fully saturated rings. The van der Waals surface area contributed by atoms with E-state index < -0.39 is 5.60 Å². The number of aromatic nitrogens is 2. The molecule has 2 heterocycles. The van der Waals surface area contributed by atoms with E-state index in [9.17, 15) is 5.11 Å². The number of anilines is 1. The summed E-state index contributed by atoms with van der Waals surface area (Å²) < 4.78 is 10.7. The highest BCUT2D eigenvalue weighted by atomic mass is 16.5. The predicted molar refractivity (Wildman–Crippen MR) is 92.2 cm³/mol. The second-order valence-corrected chi connectivity index (χ2v) is 7.16. The van der Waals surface area contributed by atoms with Gasteiger partial charge in [0.1, 0.15) is 12.4 Å². The van der Waals surface area contributed by atoms with E-state index in [1.807, 2.05) is 7.05 Å². The van der Waals surface area contributed by atoms with Crippen LogP contribution in [0.2, 0.25) is 0 Å². The third kappa shape index (κ3) is 4.23. The third-order valence-electron chi connectivity index (χ3n) is 5.24. The van der Waals surface area contributed by atoms with Crippen LogP contribution in [0.15, 0.2) is 6.07 Å². The highest BCUT2D eigenvalue weighted by Gasteiger charge is 2.31. The molecule has 1 aliphatic carbocycles. The Bertz CT molecular complexity index is 540. The summed E-state index contributed by atoms with van der Waals surface area (Å²) in [7, 11) is 3.69. The van der Waals surface area contributed by atoms with E-state index in [0.29, 0.717) is 18.3 Å². The van der Waals surface area contributed by atoms with Crippen molar-refractivity contribution in [3.05, 3.63) is 17.6 Å². The molecule has 2 aliphatic rings. The van der Waals surface area contributed by atoms with Gasteiger partial charge in [0, 0.05) is 39.3 Å². The lowest BCUT2D eigenvalue weighted by Crippen LogP contribution is -2.31. The fourth-order valence-electron chi connectivity index (χ4n) is 3.64. The fraction of sp³-hybridized carbons (Fsp3) is 0.778. The van der Waals surface area contributed by atoms with E-state index in [-0.39, 0.29) is 0 Å². The van der Waals surface area contributed by atoms with Crippen LogP contribution in [0.25, 0.3) is 0 Å². The summed E-state index contributed by atoms with van der Waals surface area (Å²) in [5, 5.41) is 10.6. The van der Waals surface area contributed by atoms with E-state index in [2.05, 4.69) is 20.9 Å². The molecule has 0 unspecified atom stereocenters. The molecular weight excluding hydrogens is 306 g/mol. The Kier molecular flexibility index (Phi) is 5.69. The first kappa shape index (κ1) is 17.6. The molecule has 0 aromatic carbocycles. The Morgan fingerprint density at radius 3 is 2.83 bits per heavy atom. The first-order valence-electron chi connectivity index (χ1n) is 8.98. The van der Waals surface area contributed by atoms with Crippen molar-refractivity contribution in [3.8, 4) is 0 Å². The molecule has 0 amide bonds. The van der Waals surface area contributed by atoms with Crippen LogP contribution in [-0.4, -0.2) is 54.6 Å². The molecule has 1 aromatic heterocycles. The van der Waals surface area contributed by atoms with Gasteiger partial charge in [-0.05, 0) is 25.7 Å². The van der Waals surface area contributed by atoms with E-state index in [1.54, 1.807) is 7.11 Å². The largest absolute Gasteiger partial charge is 0.390 e. The quantitative estimate of drug-likeness (QED) is 0.824. The van der Waals surface area contributed by atoms with Crippen LogP contribution in [0.4, 0.5) is 5.82 Å². The van der Waals surface area contributed by atoms with Crippen LogP contribution in [-0.2, 0) is 16.1 Å². The molecule has 6 nitrogen and oxygen atoms in total. The maximum Gasteiger partial charge on any atom is 0.156 e. The van der Waals surface area contributed by atoms with Crippen molar-refractivity contribution in [2.75, 3.05) is 38.8 Å². The Balaban J connectivity index is 1.72. The fourth-order valence-corrected chi connectivity index (χ4v) is 3.64. The third-order valence-corrected chi connectivity index (χ3v) is 5.24. The summed E-state index contributed by atoms with van der Waals surface area (Å²) in [6.45, 7) is 2.73. The normalized spacial score (nSPS) is 22.9. The second-order valence-electron chi connectivity index (χ2n) is 7.16. The molecule has 1 aromatic rings. The van der Waals surface area contributed by atoms with Gasteiger partial charge in [-0.1, -0.05) is 12.8 Å². The molecule has 0 spiro atoms. The minimum absolute atomic E-state index is 0.342. The lowest BCUT2D eigenvalue weighted by atomic mass is 9.98. The highest BCUT2D eigenvalue weighted by molar-refractivity contribution is 5.40. The Labute approximate surface area is 144 Å². The van der Waals surface area contributed by atoms with Crippen molar-refractivity contribution in [3.63, 3.8) is 0 Å². The Morgan fingerprint density at radius 2 is 2.17 bits per heavy atom. The second kappa shape index (κ2) is 7.76. The van der Waals surface area contributed by atoms with Gasteiger partial charge in [-0.2, -0.15) is 0 Å². The molecule has 3 rings (SSSR count). The minimum Gasteiger partial charge on any atom is -0.390 e. The van der Waals surface area contributed by atoms with E-state index >= 15 is 0 Å². The number of aliphatic hydroxyl groups is 1.